The van der Waals surface area contributed by atoms with Crippen LogP contribution in [-0.2, 0) is 22.7 Å². The number of carbonyl (C=O) groups is 1. The first kappa shape index (κ1) is 8.87. The van der Waals surface area contributed by atoms with E-state index in [1.54, 1.807) is 6.07 Å². The molecule has 1 aliphatic carbocycles. The lowest BCUT2D eigenvalue weighted by Crippen LogP contribution is -2.15. The van der Waals surface area contributed by atoms with E-state index in [-0.39, 0.29) is 12.4 Å². The molecule has 1 aromatic carbocycles. The average molecular weight is 193 g/mol. The van der Waals surface area contributed by atoms with Crippen LogP contribution in [0, 0.1) is 0 Å². The summed E-state index contributed by atoms with van der Waals surface area (Å²) in [5.74, 6) is -0.452. The van der Waals surface area contributed by atoms with Crippen molar-refractivity contribution in [3.05, 3.63) is 23.3 Å². The molecule has 0 unspecified atom stereocenters. The lowest BCUT2D eigenvalue weighted by molar-refractivity contribution is -0.139. The first-order valence-electron chi connectivity index (χ1n) is 4.35. The van der Waals surface area contributed by atoms with Crippen LogP contribution in [0.3, 0.4) is 0 Å². The van der Waals surface area contributed by atoms with Crippen molar-refractivity contribution in [1.29, 1.82) is 0 Å². The third kappa shape index (κ3) is 1.39. The molecule has 1 radical (unpaired) electrons. The van der Waals surface area contributed by atoms with Gasteiger partial charge in [0.2, 0.25) is 0 Å². The quantitative estimate of drug-likeness (QED) is 0.788. The van der Waals surface area contributed by atoms with Crippen LogP contribution in [0.1, 0.15) is 11.1 Å². The molecule has 0 heterocycles. The zero-order valence-corrected chi connectivity index (χ0v) is 7.45. The topological polar surface area (TPSA) is 66.4 Å². The third-order valence-electron chi connectivity index (χ3n) is 2.32. The van der Waals surface area contributed by atoms with E-state index in [1.807, 2.05) is 0 Å². The minimum Gasteiger partial charge on any atom is -0.482 e. The predicted octanol–water partition coefficient (Wildman–Crippen LogP) is 1.39. The van der Waals surface area contributed by atoms with Gasteiger partial charge in [-0.15, -0.1) is 0 Å². The van der Waals surface area contributed by atoms with E-state index < -0.39 is 5.97 Å². The molecule has 0 saturated carbocycles. The maximum Gasteiger partial charge on any atom is 0.341 e. The molecular weight excluding hydrogens is 184 g/mol. The lowest BCUT2D eigenvalue weighted by atomic mass is 9.87. The molecule has 0 saturated heterocycles. The van der Waals surface area contributed by atoms with Crippen molar-refractivity contribution >= 4 is 5.97 Å². The number of carboxylic acid groups (broad SMARTS) is 1. The second-order valence-electron chi connectivity index (χ2n) is 3.20. The number of fused-ring (bicyclic) bond motifs is 1. The Bertz CT molecular complexity index is 384. The summed E-state index contributed by atoms with van der Waals surface area (Å²) in [5, 5.41) is 19.6. The summed E-state index contributed by atoms with van der Waals surface area (Å²) in [4.78, 5) is 10.3. The Hall–Kier alpha value is -1.71. The lowest BCUT2D eigenvalue weighted by Gasteiger charge is -2.21. The van der Waals surface area contributed by atoms with Gasteiger partial charge in [0.15, 0.2) is 12.4 Å². The summed E-state index contributed by atoms with van der Waals surface area (Å²) in [6.07, 6.45) is 1.58. The molecule has 0 bridgehead atoms. The number of hydrogen-bond acceptors (Lipinski definition) is 2. The largest absolute Gasteiger partial charge is 0.482 e. The van der Waals surface area contributed by atoms with Gasteiger partial charge in [-0.1, -0.05) is 0 Å². The van der Waals surface area contributed by atoms with Gasteiger partial charge in [0.25, 0.3) is 0 Å². The van der Waals surface area contributed by atoms with Gasteiger partial charge >= 0.3 is 5.97 Å². The maximum atomic E-state index is 11.2. The highest BCUT2D eigenvalue weighted by atomic mass is 16.5. The second-order valence-corrected chi connectivity index (χ2v) is 3.20. The third-order valence-corrected chi connectivity index (χ3v) is 2.32. The summed E-state index contributed by atoms with van der Waals surface area (Å²) >= 11 is 0. The molecule has 0 aliphatic heterocycles. The van der Waals surface area contributed by atoms with Gasteiger partial charge in [-0.3, -0.25) is 5.11 Å². The monoisotopic (exact) mass is 193 g/mol. The Labute approximate surface area is 80.7 Å². The van der Waals surface area contributed by atoms with Gasteiger partial charge in [-0.05, 0) is 25.0 Å². The Morgan fingerprint density at radius 2 is 2.07 bits per heavy atom. The zero-order chi connectivity index (χ0) is 10.1. The van der Waals surface area contributed by atoms with E-state index in [4.69, 9.17) is 9.84 Å². The molecule has 4 heteroatoms. The second kappa shape index (κ2) is 3.21. The van der Waals surface area contributed by atoms with E-state index >= 15 is 0 Å². The van der Waals surface area contributed by atoms with Gasteiger partial charge in [-0.25, -0.2) is 4.79 Å². The maximum absolute atomic E-state index is 11.2. The molecule has 0 amide bonds. The smallest absolute Gasteiger partial charge is 0.341 e. The van der Waals surface area contributed by atoms with E-state index in [0.29, 0.717) is 5.75 Å². The van der Waals surface area contributed by atoms with E-state index in [9.17, 15) is 9.90 Å². The molecule has 2 rings (SSSR count). The summed E-state index contributed by atoms with van der Waals surface area (Å²) in [6.45, 7) is -0.357. The normalized spacial score (nSPS) is 12.9. The van der Waals surface area contributed by atoms with Gasteiger partial charge in [-0.2, -0.15) is 0 Å². The number of aliphatic carboxylic acids is 1. The van der Waals surface area contributed by atoms with Crippen molar-refractivity contribution in [2.45, 2.75) is 12.8 Å². The SMILES string of the molecule is [O]c1ccc(OCC(=O)O)c2c1CC2. The van der Waals surface area contributed by atoms with Gasteiger partial charge in [0, 0.05) is 11.1 Å². The number of benzene rings is 1. The first-order valence-corrected chi connectivity index (χ1v) is 4.35. The molecule has 14 heavy (non-hydrogen) atoms. The Morgan fingerprint density at radius 1 is 1.36 bits per heavy atom. The Morgan fingerprint density at radius 3 is 2.64 bits per heavy atom. The standard InChI is InChI=1S/C10H9O4/c11-8-3-4-9(14-5-10(12)13)7-2-1-6(7)8/h3-4H,1-2,5H2,(H,12,13). The van der Waals surface area contributed by atoms with Crippen molar-refractivity contribution < 1.29 is 19.7 Å². The Balaban J connectivity index is 2.19. The molecule has 0 aromatic heterocycles. The van der Waals surface area contributed by atoms with Crippen LogP contribution in [0.15, 0.2) is 12.1 Å². The predicted molar refractivity (Wildman–Crippen MR) is 47.1 cm³/mol. The molecule has 4 nitrogen and oxygen atoms in total. The van der Waals surface area contributed by atoms with Crippen molar-refractivity contribution in [2.75, 3.05) is 6.61 Å². The fourth-order valence-electron chi connectivity index (χ4n) is 1.55. The summed E-state index contributed by atoms with van der Waals surface area (Å²) < 4.78 is 5.05. The number of hydrogen-bond donors (Lipinski definition) is 1. The van der Waals surface area contributed by atoms with Gasteiger partial charge in [0.05, 0.1) is 0 Å². The molecule has 0 atom stereocenters. The van der Waals surface area contributed by atoms with Crippen molar-refractivity contribution in [3.8, 4) is 11.5 Å². The highest BCUT2D eigenvalue weighted by Crippen LogP contribution is 2.38. The molecule has 0 spiro atoms. The van der Waals surface area contributed by atoms with Crippen LogP contribution in [0.4, 0.5) is 0 Å². The van der Waals surface area contributed by atoms with Crippen LogP contribution in [0.25, 0.3) is 0 Å². The van der Waals surface area contributed by atoms with Crippen LogP contribution in [0.5, 0.6) is 11.5 Å². The van der Waals surface area contributed by atoms with E-state index in [0.717, 1.165) is 24.0 Å². The number of ether oxygens (including phenoxy) is 1. The van der Waals surface area contributed by atoms with Crippen LogP contribution in [0.2, 0.25) is 0 Å². The van der Waals surface area contributed by atoms with E-state index in [2.05, 4.69) is 0 Å². The highest BCUT2D eigenvalue weighted by molar-refractivity contribution is 5.68. The van der Waals surface area contributed by atoms with E-state index in [1.165, 1.54) is 6.07 Å². The zero-order valence-electron chi connectivity index (χ0n) is 7.45. The van der Waals surface area contributed by atoms with Gasteiger partial charge in [0.1, 0.15) is 5.75 Å². The fraction of sp³-hybridized carbons (Fsp3) is 0.300. The molecule has 0 fully saturated rings. The van der Waals surface area contributed by atoms with Crippen molar-refractivity contribution in [2.24, 2.45) is 0 Å². The first-order chi connectivity index (χ1) is 6.68. The number of rotatable bonds is 3. The number of carboxylic acids is 1. The average Bonchev–Trinajstić information content (AvgIpc) is 2.05. The molecule has 1 aromatic rings. The highest BCUT2D eigenvalue weighted by Gasteiger charge is 2.22. The molecule has 1 N–H and O–H groups in total. The summed E-state index contributed by atoms with van der Waals surface area (Å²) in [5.41, 5.74) is 1.65. The molecule has 73 valence electrons. The van der Waals surface area contributed by atoms with Crippen LogP contribution in [-0.4, -0.2) is 17.7 Å². The van der Waals surface area contributed by atoms with Crippen molar-refractivity contribution in [3.63, 3.8) is 0 Å². The molecular formula is C10H9O4. The fourth-order valence-corrected chi connectivity index (χ4v) is 1.55. The summed E-state index contributed by atoms with van der Waals surface area (Å²) in [6, 6.07) is 2.97. The van der Waals surface area contributed by atoms with Crippen molar-refractivity contribution in [1.82, 2.24) is 0 Å². The molecule has 1 aliphatic rings. The summed E-state index contributed by atoms with van der Waals surface area (Å²) in [7, 11) is 0. The minimum absolute atomic E-state index is 0.0222. The Kier molecular flexibility index (Phi) is 2.04. The van der Waals surface area contributed by atoms with Crippen LogP contribution >= 0.6 is 0 Å². The van der Waals surface area contributed by atoms with Crippen LogP contribution < -0.4 is 4.74 Å². The minimum atomic E-state index is -1.01. The van der Waals surface area contributed by atoms with Gasteiger partial charge < -0.3 is 9.84 Å².